The first-order valence-electron chi connectivity index (χ1n) is 9.40. The Balaban J connectivity index is 1.90. The van der Waals surface area contributed by atoms with Gasteiger partial charge in [-0.05, 0) is 46.1 Å². The average molecular weight is 394 g/mol. The number of amides is 1. The van der Waals surface area contributed by atoms with Crippen LogP contribution in [0, 0.1) is 13.8 Å². The Hall–Kier alpha value is -1.34. The Morgan fingerprint density at radius 3 is 2.50 bits per heavy atom. The van der Waals surface area contributed by atoms with E-state index in [1.54, 1.807) is 15.9 Å². The summed E-state index contributed by atoms with van der Waals surface area (Å²) in [5.74, 6) is 0.160. The third-order valence-electron chi connectivity index (χ3n) is 5.12. The molecule has 2 aromatic heterocycles. The van der Waals surface area contributed by atoms with Crippen LogP contribution >= 0.6 is 23.1 Å². The van der Waals surface area contributed by atoms with Crippen LogP contribution in [0.2, 0.25) is 0 Å². The molecule has 2 aromatic rings. The third-order valence-corrected chi connectivity index (χ3v) is 7.30. The summed E-state index contributed by atoms with van der Waals surface area (Å²) in [4.78, 5) is 34.4. The van der Waals surface area contributed by atoms with Gasteiger partial charge in [-0.3, -0.25) is 14.2 Å². The van der Waals surface area contributed by atoms with Gasteiger partial charge in [-0.25, -0.2) is 4.98 Å². The molecule has 142 valence electrons. The standard InChI is InChI=1S/C19H27N3O2S2/c1-5-22-18(24)15-12(2)13(3)25-16(15)20-19(22)26-14(4)17(23)21-10-8-6-7-9-11-21/h14H,5-11H2,1-4H3/t14-/m1/s1. The monoisotopic (exact) mass is 393 g/mol. The Bertz CT molecular complexity index is 864. The van der Waals surface area contributed by atoms with Crippen molar-refractivity contribution in [1.29, 1.82) is 0 Å². The molecule has 1 saturated heterocycles. The number of thiophene rings is 1. The van der Waals surface area contributed by atoms with Gasteiger partial charge in [0.25, 0.3) is 5.56 Å². The van der Waals surface area contributed by atoms with E-state index in [1.165, 1.54) is 24.6 Å². The lowest BCUT2D eigenvalue weighted by atomic mass is 10.2. The van der Waals surface area contributed by atoms with Crippen molar-refractivity contribution in [3.8, 4) is 0 Å². The predicted octanol–water partition coefficient (Wildman–Crippen LogP) is 3.98. The summed E-state index contributed by atoms with van der Waals surface area (Å²) in [5, 5.41) is 1.14. The SMILES string of the molecule is CCn1c(S[C@H](C)C(=O)N2CCCCCC2)nc2sc(C)c(C)c2c1=O. The number of aryl methyl sites for hydroxylation is 2. The van der Waals surface area contributed by atoms with Crippen LogP contribution in [0.15, 0.2) is 9.95 Å². The molecule has 1 aliphatic rings. The van der Waals surface area contributed by atoms with Gasteiger partial charge in [0.1, 0.15) is 4.83 Å². The smallest absolute Gasteiger partial charge is 0.263 e. The van der Waals surface area contributed by atoms with Crippen molar-refractivity contribution in [2.24, 2.45) is 0 Å². The number of rotatable bonds is 4. The van der Waals surface area contributed by atoms with Gasteiger partial charge in [-0.15, -0.1) is 11.3 Å². The second-order valence-electron chi connectivity index (χ2n) is 6.91. The normalized spacial score (nSPS) is 16.7. The maximum absolute atomic E-state index is 12.9. The molecule has 0 aliphatic carbocycles. The van der Waals surface area contributed by atoms with Crippen molar-refractivity contribution >= 4 is 39.2 Å². The van der Waals surface area contributed by atoms with E-state index in [2.05, 4.69) is 0 Å². The molecule has 3 rings (SSSR count). The second kappa shape index (κ2) is 8.13. The van der Waals surface area contributed by atoms with Gasteiger partial charge < -0.3 is 4.90 Å². The minimum atomic E-state index is -0.239. The maximum Gasteiger partial charge on any atom is 0.263 e. The zero-order chi connectivity index (χ0) is 18.8. The molecule has 1 aliphatic heterocycles. The van der Waals surface area contributed by atoms with Crippen LogP contribution < -0.4 is 5.56 Å². The van der Waals surface area contributed by atoms with E-state index in [1.807, 2.05) is 32.6 Å². The number of likely N-dealkylation sites (tertiary alicyclic amines) is 1. The lowest BCUT2D eigenvalue weighted by Crippen LogP contribution is -2.37. The van der Waals surface area contributed by atoms with E-state index in [9.17, 15) is 9.59 Å². The van der Waals surface area contributed by atoms with Crippen molar-refractivity contribution in [3.05, 3.63) is 20.8 Å². The number of thioether (sulfide) groups is 1. The minimum absolute atomic E-state index is 0.0104. The molecule has 0 bridgehead atoms. The number of carbonyl (C=O) groups excluding carboxylic acids is 1. The number of hydrogen-bond acceptors (Lipinski definition) is 5. The van der Waals surface area contributed by atoms with E-state index in [-0.39, 0.29) is 16.7 Å². The molecule has 7 heteroatoms. The molecule has 0 unspecified atom stereocenters. The molecule has 0 spiro atoms. The van der Waals surface area contributed by atoms with Crippen molar-refractivity contribution in [1.82, 2.24) is 14.5 Å². The summed E-state index contributed by atoms with van der Waals surface area (Å²) >= 11 is 2.97. The fourth-order valence-corrected chi connectivity index (χ4v) is 5.56. The van der Waals surface area contributed by atoms with E-state index in [0.717, 1.165) is 46.6 Å². The maximum atomic E-state index is 12.9. The highest BCUT2D eigenvalue weighted by atomic mass is 32.2. The van der Waals surface area contributed by atoms with Gasteiger partial charge in [0.05, 0.1) is 10.6 Å². The molecule has 1 amide bonds. The molecule has 0 saturated carbocycles. The van der Waals surface area contributed by atoms with Crippen LogP contribution in [0.5, 0.6) is 0 Å². The van der Waals surface area contributed by atoms with Crippen LogP contribution in [0.1, 0.15) is 50.0 Å². The highest BCUT2D eigenvalue weighted by Crippen LogP contribution is 2.30. The van der Waals surface area contributed by atoms with Crippen LogP contribution in [0.3, 0.4) is 0 Å². The van der Waals surface area contributed by atoms with Crippen LogP contribution in [0.4, 0.5) is 0 Å². The fraction of sp³-hybridized carbons (Fsp3) is 0.632. The van der Waals surface area contributed by atoms with Crippen molar-refractivity contribution in [3.63, 3.8) is 0 Å². The fourth-order valence-electron chi connectivity index (χ4n) is 3.43. The molecule has 0 N–H and O–H groups in total. The van der Waals surface area contributed by atoms with Crippen molar-refractivity contribution in [2.45, 2.75) is 70.3 Å². The lowest BCUT2D eigenvalue weighted by molar-refractivity contribution is -0.130. The molecule has 3 heterocycles. The number of carbonyl (C=O) groups is 1. The first-order chi connectivity index (χ1) is 12.4. The topological polar surface area (TPSA) is 55.2 Å². The first-order valence-corrected chi connectivity index (χ1v) is 11.1. The van der Waals surface area contributed by atoms with Gasteiger partial charge >= 0.3 is 0 Å². The largest absolute Gasteiger partial charge is 0.342 e. The molecular weight excluding hydrogens is 366 g/mol. The van der Waals surface area contributed by atoms with Crippen LogP contribution in [-0.4, -0.2) is 38.7 Å². The first kappa shape index (κ1) is 19.4. The number of hydrogen-bond donors (Lipinski definition) is 0. The summed E-state index contributed by atoms with van der Waals surface area (Å²) in [6.45, 7) is 10.1. The third kappa shape index (κ3) is 3.69. The van der Waals surface area contributed by atoms with E-state index >= 15 is 0 Å². The minimum Gasteiger partial charge on any atom is -0.342 e. The number of nitrogens with zero attached hydrogens (tertiary/aromatic N) is 3. The Kier molecular flexibility index (Phi) is 6.07. The highest BCUT2D eigenvalue weighted by molar-refractivity contribution is 8.00. The van der Waals surface area contributed by atoms with Gasteiger partial charge in [0, 0.05) is 24.5 Å². The van der Waals surface area contributed by atoms with Gasteiger partial charge in [0.2, 0.25) is 5.91 Å². The van der Waals surface area contributed by atoms with Gasteiger partial charge in [-0.1, -0.05) is 24.6 Å². The summed E-state index contributed by atoms with van der Waals surface area (Å²) in [7, 11) is 0. The molecule has 26 heavy (non-hydrogen) atoms. The Morgan fingerprint density at radius 2 is 1.88 bits per heavy atom. The predicted molar refractivity (Wildman–Crippen MR) is 109 cm³/mol. The van der Waals surface area contributed by atoms with E-state index < -0.39 is 0 Å². The second-order valence-corrected chi connectivity index (χ2v) is 9.42. The summed E-state index contributed by atoms with van der Waals surface area (Å²) in [6.07, 6.45) is 4.58. The molecular formula is C19H27N3O2S2. The van der Waals surface area contributed by atoms with Crippen LogP contribution in [-0.2, 0) is 11.3 Å². The summed E-state index contributed by atoms with van der Waals surface area (Å²) in [5.41, 5.74) is 1.03. The molecule has 1 atom stereocenters. The molecule has 5 nitrogen and oxygen atoms in total. The summed E-state index contributed by atoms with van der Waals surface area (Å²) < 4.78 is 1.71. The van der Waals surface area contributed by atoms with E-state index in [0.29, 0.717) is 11.7 Å². The number of aromatic nitrogens is 2. The van der Waals surface area contributed by atoms with Crippen molar-refractivity contribution < 1.29 is 4.79 Å². The number of fused-ring (bicyclic) bond motifs is 1. The average Bonchev–Trinajstić information content (AvgIpc) is 2.81. The zero-order valence-electron chi connectivity index (χ0n) is 16.0. The zero-order valence-corrected chi connectivity index (χ0v) is 17.6. The lowest BCUT2D eigenvalue weighted by Gasteiger charge is -2.24. The van der Waals surface area contributed by atoms with Crippen molar-refractivity contribution in [2.75, 3.05) is 13.1 Å². The van der Waals surface area contributed by atoms with Gasteiger partial charge in [-0.2, -0.15) is 0 Å². The van der Waals surface area contributed by atoms with E-state index in [4.69, 9.17) is 4.98 Å². The Labute approximate surface area is 162 Å². The Morgan fingerprint density at radius 1 is 1.23 bits per heavy atom. The van der Waals surface area contributed by atoms with Crippen LogP contribution in [0.25, 0.3) is 10.2 Å². The quantitative estimate of drug-likeness (QED) is 0.582. The molecule has 0 radical (unpaired) electrons. The molecule has 1 fully saturated rings. The highest BCUT2D eigenvalue weighted by Gasteiger charge is 2.25. The summed E-state index contributed by atoms with van der Waals surface area (Å²) in [6, 6.07) is 0. The molecule has 0 aromatic carbocycles. The van der Waals surface area contributed by atoms with Gasteiger partial charge in [0.15, 0.2) is 5.16 Å².